The lowest BCUT2D eigenvalue weighted by Crippen LogP contribution is -2.39. The van der Waals surface area contributed by atoms with Crippen LogP contribution in [-0.2, 0) is 9.53 Å². The van der Waals surface area contributed by atoms with Crippen LogP contribution in [0.25, 0.3) is 6.08 Å². The molecule has 2 aromatic heterocycles. The van der Waals surface area contributed by atoms with Crippen molar-refractivity contribution in [2.75, 3.05) is 43.6 Å². The number of furan rings is 1. The third-order valence-corrected chi connectivity index (χ3v) is 8.21. The van der Waals surface area contributed by atoms with Gasteiger partial charge in [0.1, 0.15) is 5.76 Å². The zero-order valence-corrected chi connectivity index (χ0v) is 23.4. The minimum atomic E-state index is -0.633. The number of aromatic nitrogens is 1. The zero-order chi connectivity index (χ0) is 27.0. The van der Waals surface area contributed by atoms with E-state index in [4.69, 9.17) is 9.15 Å². The number of piperidine rings is 1. The minimum absolute atomic E-state index is 0.213. The summed E-state index contributed by atoms with van der Waals surface area (Å²) in [5.74, 6) is 1.72. The van der Waals surface area contributed by atoms with Crippen LogP contribution in [0.4, 0.5) is 11.6 Å². The van der Waals surface area contributed by atoms with Crippen LogP contribution in [0.5, 0.6) is 0 Å². The van der Waals surface area contributed by atoms with E-state index >= 15 is 0 Å². The van der Waals surface area contributed by atoms with E-state index in [-0.39, 0.29) is 12.2 Å². The summed E-state index contributed by atoms with van der Waals surface area (Å²) in [5, 5.41) is 0. The SMILES string of the molecule is CCOC(=O)C1=C(C)N=c2s/c(=C/c3ccc(N4CCC(C)CC4)o3)c(=O)n2[C@@H]1c1ccc(N(C)C)cc1. The van der Waals surface area contributed by atoms with Gasteiger partial charge in [0.15, 0.2) is 10.7 Å². The maximum absolute atomic E-state index is 13.8. The van der Waals surface area contributed by atoms with Crippen LogP contribution in [0.15, 0.2) is 61.9 Å². The third kappa shape index (κ3) is 4.95. The summed E-state index contributed by atoms with van der Waals surface area (Å²) in [6.07, 6.45) is 4.06. The van der Waals surface area contributed by atoms with Gasteiger partial charge < -0.3 is 19.0 Å². The maximum Gasteiger partial charge on any atom is 0.338 e. The maximum atomic E-state index is 13.8. The van der Waals surface area contributed by atoms with Crippen LogP contribution >= 0.6 is 11.3 Å². The van der Waals surface area contributed by atoms with Crippen molar-refractivity contribution >= 4 is 35.0 Å². The molecule has 0 N–H and O–H groups in total. The minimum Gasteiger partial charge on any atom is -0.463 e. The molecule has 1 fully saturated rings. The topological polar surface area (TPSA) is 80.3 Å². The molecule has 4 heterocycles. The molecule has 2 aliphatic rings. The predicted molar refractivity (Wildman–Crippen MR) is 150 cm³/mol. The molecule has 8 nitrogen and oxygen atoms in total. The molecule has 0 amide bonds. The Morgan fingerprint density at radius 2 is 1.89 bits per heavy atom. The number of carbonyl (C=O) groups excluding carboxylic acids is 1. The van der Waals surface area contributed by atoms with Gasteiger partial charge in [-0.3, -0.25) is 9.36 Å². The molecule has 0 bridgehead atoms. The van der Waals surface area contributed by atoms with Crippen molar-refractivity contribution in [2.45, 2.75) is 39.7 Å². The van der Waals surface area contributed by atoms with Gasteiger partial charge in [0, 0.05) is 45.0 Å². The van der Waals surface area contributed by atoms with E-state index in [1.807, 2.05) is 55.4 Å². The number of rotatable bonds is 6. The van der Waals surface area contributed by atoms with Crippen molar-refractivity contribution in [1.82, 2.24) is 4.57 Å². The van der Waals surface area contributed by atoms with Crippen LogP contribution in [0.3, 0.4) is 0 Å². The molecule has 0 unspecified atom stereocenters. The van der Waals surface area contributed by atoms with Gasteiger partial charge in [-0.1, -0.05) is 30.4 Å². The monoisotopic (exact) mass is 534 g/mol. The number of allylic oxidation sites excluding steroid dienone is 1. The van der Waals surface area contributed by atoms with Gasteiger partial charge in [-0.2, -0.15) is 0 Å². The Morgan fingerprint density at radius 1 is 1.18 bits per heavy atom. The van der Waals surface area contributed by atoms with Crippen molar-refractivity contribution in [1.29, 1.82) is 0 Å². The Balaban J connectivity index is 1.57. The lowest BCUT2D eigenvalue weighted by atomic mass is 9.95. The van der Waals surface area contributed by atoms with E-state index in [2.05, 4.69) is 16.8 Å². The second-order valence-electron chi connectivity index (χ2n) is 10.1. The zero-order valence-electron chi connectivity index (χ0n) is 22.6. The highest BCUT2D eigenvalue weighted by Gasteiger charge is 2.33. The van der Waals surface area contributed by atoms with Crippen molar-refractivity contribution in [3.05, 3.63) is 78.7 Å². The molecule has 0 spiro atoms. The molecule has 1 atom stereocenters. The summed E-state index contributed by atoms with van der Waals surface area (Å²) in [5.41, 5.74) is 2.56. The summed E-state index contributed by atoms with van der Waals surface area (Å²) < 4.78 is 13.6. The van der Waals surface area contributed by atoms with E-state index in [1.54, 1.807) is 24.5 Å². The molecule has 0 aliphatic carbocycles. The number of hydrogen-bond donors (Lipinski definition) is 0. The highest BCUT2D eigenvalue weighted by atomic mass is 32.1. The molecule has 0 saturated carbocycles. The molecule has 0 radical (unpaired) electrons. The Hall–Kier alpha value is -3.59. The lowest BCUT2D eigenvalue weighted by Gasteiger charge is -2.29. The molecule has 200 valence electrons. The van der Waals surface area contributed by atoms with Gasteiger partial charge in [0.05, 0.1) is 28.5 Å². The molecule has 1 aromatic carbocycles. The number of thiazole rings is 1. The first-order valence-corrected chi connectivity index (χ1v) is 13.9. The van der Waals surface area contributed by atoms with Gasteiger partial charge in [0.25, 0.3) is 5.56 Å². The van der Waals surface area contributed by atoms with Crippen molar-refractivity contribution in [2.24, 2.45) is 10.9 Å². The molecule has 1 saturated heterocycles. The van der Waals surface area contributed by atoms with Crippen LogP contribution in [0.2, 0.25) is 0 Å². The van der Waals surface area contributed by atoms with Gasteiger partial charge in [-0.15, -0.1) is 0 Å². The van der Waals surface area contributed by atoms with E-state index in [9.17, 15) is 9.59 Å². The molecule has 3 aromatic rings. The Morgan fingerprint density at radius 3 is 2.55 bits per heavy atom. The molecule has 9 heteroatoms. The number of anilines is 2. The number of fused-ring (bicyclic) bond motifs is 1. The van der Waals surface area contributed by atoms with Gasteiger partial charge in [-0.05, 0) is 56.4 Å². The quantitative estimate of drug-likeness (QED) is 0.449. The normalized spacial score (nSPS) is 18.4. The van der Waals surface area contributed by atoms with Crippen molar-refractivity contribution in [3.63, 3.8) is 0 Å². The smallest absolute Gasteiger partial charge is 0.338 e. The van der Waals surface area contributed by atoms with Crippen molar-refractivity contribution in [3.8, 4) is 0 Å². The molecule has 2 aliphatic heterocycles. The number of hydrogen-bond acceptors (Lipinski definition) is 8. The first-order valence-electron chi connectivity index (χ1n) is 13.1. The molecule has 38 heavy (non-hydrogen) atoms. The largest absolute Gasteiger partial charge is 0.463 e. The Bertz CT molecular complexity index is 1540. The first-order chi connectivity index (χ1) is 18.3. The number of carbonyl (C=O) groups is 1. The average Bonchev–Trinajstić information content (AvgIpc) is 3.48. The number of benzene rings is 1. The summed E-state index contributed by atoms with van der Waals surface area (Å²) in [6.45, 7) is 8.03. The van der Waals surface area contributed by atoms with Crippen LogP contribution < -0.4 is 24.7 Å². The van der Waals surface area contributed by atoms with Gasteiger partial charge >= 0.3 is 5.97 Å². The fraction of sp³-hybridized carbons (Fsp3) is 0.414. The highest BCUT2D eigenvalue weighted by Crippen LogP contribution is 2.32. The van der Waals surface area contributed by atoms with Crippen molar-refractivity contribution < 1.29 is 13.9 Å². The Kier molecular flexibility index (Phi) is 7.29. The number of nitrogens with zero attached hydrogens (tertiary/aromatic N) is 4. The second kappa shape index (κ2) is 10.6. The fourth-order valence-corrected chi connectivity index (χ4v) is 6.04. The van der Waals surface area contributed by atoms with Crippen LogP contribution in [0.1, 0.15) is 51.0 Å². The van der Waals surface area contributed by atoms with E-state index in [0.29, 0.717) is 26.4 Å². The highest BCUT2D eigenvalue weighted by molar-refractivity contribution is 7.07. The lowest BCUT2D eigenvalue weighted by molar-refractivity contribution is -0.139. The second-order valence-corrected chi connectivity index (χ2v) is 11.1. The van der Waals surface area contributed by atoms with Crippen LogP contribution in [0, 0.1) is 5.92 Å². The summed E-state index contributed by atoms with van der Waals surface area (Å²) in [4.78, 5) is 36.3. The van der Waals surface area contributed by atoms with Crippen LogP contribution in [-0.4, -0.2) is 44.3 Å². The summed E-state index contributed by atoms with van der Waals surface area (Å²) in [7, 11) is 3.94. The average molecular weight is 535 g/mol. The predicted octanol–water partition coefficient (Wildman–Crippen LogP) is 3.69. The molecular formula is C29H34N4O4S. The number of ether oxygens (including phenoxy) is 1. The fourth-order valence-electron chi connectivity index (χ4n) is 5.01. The summed E-state index contributed by atoms with van der Waals surface area (Å²) >= 11 is 1.30. The third-order valence-electron chi connectivity index (χ3n) is 7.22. The Labute approximate surface area is 226 Å². The first kappa shape index (κ1) is 26.0. The molecule has 5 rings (SSSR count). The van der Waals surface area contributed by atoms with E-state index in [0.717, 1.165) is 49.0 Å². The number of esters is 1. The van der Waals surface area contributed by atoms with Gasteiger partial charge in [-0.25, -0.2) is 9.79 Å². The van der Waals surface area contributed by atoms with E-state index in [1.165, 1.54) is 11.3 Å². The standard InChI is InChI=1S/C29H34N4O4S/c1-6-36-28(35)25-19(3)30-29-33(26(25)20-7-9-21(10-8-20)31(4)5)27(34)23(38-29)17-22-11-12-24(37-22)32-15-13-18(2)14-16-32/h7-12,17-18,26H,6,13-16H2,1-5H3/b23-17+/t26-/m1/s1. The molecular weight excluding hydrogens is 500 g/mol. The summed E-state index contributed by atoms with van der Waals surface area (Å²) in [6, 6.07) is 11.1. The van der Waals surface area contributed by atoms with E-state index < -0.39 is 12.0 Å². The van der Waals surface area contributed by atoms with Gasteiger partial charge in [0.2, 0.25) is 0 Å².